The number of urea groups is 1. The van der Waals surface area contributed by atoms with Crippen molar-refractivity contribution in [3.63, 3.8) is 0 Å². The Labute approximate surface area is 184 Å². The van der Waals surface area contributed by atoms with Crippen molar-refractivity contribution >= 4 is 11.7 Å². The molecule has 6 nitrogen and oxygen atoms in total. The van der Waals surface area contributed by atoms with E-state index in [-0.39, 0.29) is 17.7 Å². The maximum atomic E-state index is 12.7. The second kappa shape index (κ2) is 10.2. The third-order valence-corrected chi connectivity index (χ3v) is 6.25. The molecular formula is C25H32N2O4. The molecule has 0 aromatic heterocycles. The van der Waals surface area contributed by atoms with E-state index in [1.807, 2.05) is 66.4 Å². The molecule has 0 saturated carbocycles. The summed E-state index contributed by atoms with van der Waals surface area (Å²) in [6.07, 6.45) is 3.65. The Balaban J connectivity index is 1.21. The van der Waals surface area contributed by atoms with Gasteiger partial charge in [0.2, 0.25) is 0 Å². The molecule has 31 heavy (non-hydrogen) atoms. The maximum absolute atomic E-state index is 12.7. The van der Waals surface area contributed by atoms with Crippen LogP contribution in [0.1, 0.15) is 31.2 Å². The number of hydrogen-bond donors (Lipinski definition) is 1. The number of aryl methyl sites for hydroxylation is 1. The van der Waals surface area contributed by atoms with Crippen LogP contribution in [0.3, 0.4) is 0 Å². The molecule has 1 atom stereocenters. The van der Waals surface area contributed by atoms with Crippen molar-refractivity contribution in [1.29, 1.82) is 0 Å². The number of piperidine rings is 1. The number of carbonyl (C=O) groups excluding carboxylic acids is 1. The number of amides is 2. The molecule has 0 aliphatic carbocycles. The standard InChI is InChI=1S/C25H32N2O4/c1-20-7-5-6-10-23(20)26-24(28)27-14-12-25(13-15-27)19-22(11-16-31-25)30-18-17-29-21-8-3-2-4-9-21/h2-10,22H,11-19H2,1H3,(H,26,28). The molecule has 1 unspecified atom stereocenters. The van der Waals surface area contributed by atoms with Crippen LogP contribution >= 0.6 is 0 Å². The lowest BCUT2D eigenvalue weighted by Gasteiger charge is -2.46. The third kappa shape index (κ3) is 5.77. The van der Waals surface area contributed by atoms with Crippen molar-refractivity contribution in [2.75, 3.05) is 38.2 Å². The van der Waals surface area contributed by atoms with Crippen molar-refractivity contribution in [3.05, 3.63) is 60.2 Å². The van der Waals surface area contributed by atoms with Gasteiger partial charge in [-0.25, -0.2) is 4.79 Å². The fourth-order valence-electron chi connectivity index (χ4n) is 4.39. The first-order valence-electron chi connectivity index (χ1n) is 11.2. The van der Waals surface area contributed by atoms with Gasteiger partial charge in [-0.2, -0.15) is 0 Å². The molecular weight excluding hydrogens is 392 g/mol. The van der Waals surface area contributed by atoms with Crippen LogP contribution in [-0.4, -0.2) is 55.5 Å². The summed E-state index contributed by atoms with van der Waals surface area (Å²) in [6, 6.07) is 17.6. The SMILES string of the molecule is Cc1ccccc1NC(=O)N1CCC2(CC1)CC(OCCOc1ccccc1)CCO2. The van der Waals surface area contributed by atoms with Crippen molar-refractivity contribution in [1.82, 2.24) is 4.90 Å². The predicted octanol–water partition coefficient (Wildman–Crippen LogP) is 4.64. The number of rotatable bonds is 6. The minimum atomic E-state index is -0.178. The second-order valence-corrected chi connectivity index (χ2v) is 8.41. The number of benzene rings is 2. The van der Waals surface area contributed by atoms with E-state index in [1.165, 1.54) is 0 Å². The Morgan fingerprint density at radius 1 is 1.10 bits per heavy atom. The third-order valence-electron chi connectivity index (χ3n) is 6.25. The van der Waals surface area contributed by atoms with E-state index < -0.39 is 0 Å². The maximum Gasteiger partial charge on any atom is 0.321 e. The molecule has 0 radical (unpaired) electrons. The quantitative estimate of drug-likeness (QED) is 0.687. The minimum Gasteiger partial charge on any atom is -0.491 e. The number of anilines is 1. The molecule has 2 amide bonds. The largest absolute Gasteiger partial charge is 0.491 e. The predicted molar refractivity (Wildman–Crippen MR) is 121 cm³/mol. The average Bonchev–Trinajstić information content (AvgIpc) is 2.80. The van der Waals surface area contributed by atoms with Gasteiger partial charge >= 0.3 is 6.03 Å². The summed E-state index contributed by atoms with van der Waals surface area (Å²) in [6.45, 7) is 5.21. The Morgan fingerprint density at radius 2 is 1.84 bits per heavy atom. The minimum absolute atomic E-state index is 0.0363. The van der Waals surface area contributed by atoms with E-state index in [9.17, 15) is 4.79 Å². The number of ether oxygens (including phenoxy) is 3. The van der Waals surface area contributed by atoms with Gasteiger partial charge in [0.25, 0.3) is 0 Å². The summed E-state index contributed by atoms with van der Waals surface area (Å²) < 4.78 is 18.0. The summed E-state index contributed by atoms with van der Waals surface area (Å²) >= 11 is 0. The van der Waals surface area contributed by atoms with E-state index in [0.717, 1.165) is 42.7 Å². The van der Waals surface area contributed by atoms with E-state index in [1.54, 1.807) is 0 Å². The number of nitrogens with one attached hydrogen (secondary N) is 1. The van der Waals surface area contributed by atoms with Gasteiger partial charge in [0.1, 0.15) is 12.4 Å². The molecule has 2 heterocycles. The zero-order chi connectivity index (χ0) is 21.5. The first-order chi connectivity index (χ1) is 15.1. The zero-order valence-electron chi connectivity index (χ0n) is 18.2. The number of para-hydroxylation sites is 2. The molecule has 2 saturated heterocycles. The van der Waals surface area contributed by atoms with E-state index in [4.69, 9.17) is 14.2 Å². The lowest BCUT2D eigenvalue weighted by Crippen LogP contribution is -2.52. The van der Waals surface area contributed by atoms with Gasteiger partial charge < -0.3 is 24.4 Å². The van der Waals surface area contributed by atoms with Gasteiger partial charge in [-0.3, -0.25) is 0 Å². The van der Waals surface area contributed by atoms with Crippen LogP contribution in [0.15, 0.2) is 54.6 Å². The van der Waals surface area contributed by atoms with Crippen molar-refractivity contribution in [2.45, 2.75) is 44.3 Å². The number of likely N-dealkylation sites (tertiary alicyclic amines) is 1. The van der Waals surface area contributed by atoms with E-state index in [2.05, 4.69) is 5.32 Å². The molecule has 1 spiro atoms. The second-order valence-electron chi connectivity index (χ2n) is 8.41. The number of nitrogens with zero attached hydrogens (tertiary/aromatic N) is 1. The topological polar surface area (TPSA) is 60.0 Å². The lowest BCUT2D eigenvalue weighted by atomic mass is 9.83. The van der Waals surface area contributed by atoms with Crippen LogP contribution in [0.4, 0.5) is 10.5 Å². The molecule has 1 N–H and O–H groups in total. The van der Waals surface area contributed by atoms with Crippen LogP contribution in [0.25, 0.3) is 0 Å². The van der Waals surface area contributed by atoms with Crippen LogP contribution in [0, 0.1) is 6.92 Å². The molecule has 166 valence electrons. The number of hydrogen-bond acceptors (Lipinski definition) is 4. The van der Waals surface area contributed by atoms with Gasteiger partial charge in [-0.15, -0.1) is 0 Å². The lowest BCUT2D eigenvalue weighted by molar-refractivity contribution is -0.153. The van der Waals surface area contributed by atoms with E-state index in [0.29, 0.717) is 32.9 Å². The summed E-state index contributed by atoms with van der Waals surface area (Å²) in [5, 5.41) is 3.04. The first-order valence-corrected chi connectivity index (χ1v) is 11.2. The summed E-state index contributed by atoms with van der Waals surface area (Å²) in [7, 11) is 0. The molecule has 2 aliphatic rings. The van der Waals surface area contributed by atoms with Crippen LogP contribution in [0.5, 0.6) is 5.75 Å². The molecule has 6 heteroatoms. The Bertz CT molecular complexity index is 850. The van der Waals surface area contributed by atoms with Crippen LogP contribution < -0.4 is 10.1 Å². The van der Waals surface area contributed by atoms with Gasteiger partial charge in [0.05, 0.1) is 18.3 Å². The number of carbonyl (C=O) groups is 1. The smallest absolute Gasteiger partial charge is 0.321 e. The van der Waals surface area contributed by atoms with Gasteiger partial charge in [-0.05, 0) is 49.9 Å². The zero-order valence-corrected chi connectivity index (χ0v) is 18.2. The van der Waals surface area contributed by atoms with Gasteiger partial charge in [0.15, 0.2) is 0 Å². The molecule has 2 fully saturated rings. The van der Waals surface area contributed by atoms with Crippen molar-refractivity contribution < 1.29 is 19.0 Å². The van der Waals surface area contributed by atoms with Crippen molar-refractivity contribution in [2.24, 2.45) is 0 Å². The van der Waals surface area contributed by atoms with Crippen molar-refractivity contribution in [3.8, 4) is 5.75 Å². The van der Waals surface area contributed by atoms with Crippen LogP contribution in [0.2, 0.25) is 0 Å². The summed E-state index contributed by atoms with van der Waals surface area (Å²) in [5.41, 5.74) is 1.76. The Kier molecular flexibility index (Phi) is 7.10. The van der Waals surface area contributed by atoms with Crippen LogP contribution in [-0.2, 0) is 9.47 Å². The average molecular weight is 425 g/mol. The first kappa shape index (κ1) is 21.7. The fraction of sp³-hybridized carbons (Fsp3) is 0.480. The summed E-state index contributed by atoms with van der Waals surface area (Å²) in [4.78, 5) is 14.6. The highest BCUT2D eigenvalue weighted by molar-refractivity contribution is 5.90. The normalized spacial score (nSPS) is 20.4. The molecule has 0 bridgehead atoms. The monoisotopic (exact) mass is 424 g/mol. The molecule has 2 aromatic carbocycles. The molecule has 2 aliphatic heterocycles. The van der Waals surface area contributed by atoms with Gasteiger partial charge in [0, 0.05) is 31.8 Å². The highest BCUT2D eigenvalue weighted by Crippen LogP contribution is 2.36. The highest BCUT2D eigenvalue weighted by Gasteiger charge is 2.41. The van der Waals surface area contributed by atoms with E-state index >= 15 is 0 Å². The molecule has 4 rings (SSSR count). The summed E-state index contributed by atoms with van der Waals surface area (Å²) in [5.74, 6) is 0.867. The highest BCUT2D eigenvalue weighted by atomic mass is 16.5. The van der Waals surface area contributed by atoms with Gasteiger partial charge in [-0.1, -0.05) is 36.4 Å². The Morgan fingerprint density at radius 3 is 2.61 bits per heavy atom. The molecule has 2 aromatic rings. The fourth-order valence-corrected chi connectivity index (χ4v) is 4.39. The Hall–Kier alpha value is -2.57.